The fourth-order valence-electron chi connectivity index (χ4n) is 8.13. The van der Waals surface area contributed by atoms with E-state index in [0.717, 1.165) is 31.1 Å². The van der Waals surface area contributed by atoms with Crippen molar-refractivity contribution in [2.75, 3.05) is 0 Å². The second-order valence-corrected chi connectivity index (χ2v) is 10.5. The normalized spacial score (nSPS) is 47.8. The van der Waals surface area contributed by atoms with E-state index in [-0.39, 0.29) is 35.9 Å². The number of fused-ring (bicyclic) bond motifs is 5. The lowest BCUT2D eigenvalue weighted by Crippen LogP contribution is -2.62. The lowest BCUT2D eigenvalue weighted by atomic mass is 9.43. The number of Topliss-reactive ketones (excluding diaryl/α,β-unsaturated/α-hetero) is 1. The van der Waals surface area contributed by atoms with Gasteiger partial charge in [-0.1, -0.05) is 6.92 Å². The summed E-state index contributed by atoms with van der Waals surface area (Å²) >= 11 is 0. The van der Waals surface area contributed by atoms with Gasteiger partial charge in [-0.2, -0.15) is 0 Å². The largest absolute Gasteiger partial charge is 0.431 e. The van der Waals surface area contributed by atoms with Gasteiger partial charge < -0.3 is 19.4 Å². The summed E-state index contributed by atoms with van der Waals surface area (Å²) in [6.07, 6.45) is 6.56. The number of aliphatic hydroxyl groups excluding tert-OH is 1. The molecule has 0 spiro atoms. The maximum atomic E-state index is 12.5. The second kappa shape index (κ2) is 6.60. The first-order valence-electron chi connectivity index (χ1n) is 11.2. The van der Waals surface area contributed by atoms with Crippen LogP contribution < -0.4 is 5.63 Å². The zero-order valence-electron chi connectivity index (χ0n) is 17.4. The molecule has 4 saturated carbocycles. The molecule has 4 aliphatic carbocycles. The van der Waals surface area contributed by atoms with Crippen molar-refractivity contribution in [3.63, 3.8) is 0 Å². The zero-order chi connectivity index (χ0) is 21.3. The highest BCUT2D eigenvalue weighted by atomic mass is 16.4. The average molecular weight is 414 g/mol. The minimum atomic E-state index is -1.10. The standard InChI is InChI=1S/C24H30O6/c1-22-8-7-17-18(4-3-15-10-16(26)6-9-23(15,17)13-25)24(22,29)11-19(27)21(22)14-2-5-20(28)30-12-14/h2,5,12-13,15,17-19,21,27,29H,3-4,6-11H2,1H3. The van der Waals surface area contributed by atoms with Crippen molar-refractivity contribution in [1.29, 1.82) is 0 Å². The van der Waals surface area contributed by atoms with Gasteiger partial charge in [0.15, 0.2) is 0 Å². The van der Waals surface area contributed by atoms with Gasteiger partial charge in [0.05, 0.1) is 18.0 Å². The van der Waals surface area contributed by atoms with Crippen molar-refractivity contribution in [3.05, 3.63) is 34.4 Å². The van der Waals surface area contributed by atoms with Gasteiger partial charge >= 0.3 is 5.63 Å². The van der Waals surface area contributed by atoms with Crippen molar-refractivity contribution in [3.8, 4) is 0 Å². The van der Waals surface area contributed by atoms with Crippen LogP contribution in [0, 0.1) is 28.6 Å². The lowest BCUT2D eigenvalue weighted by Gasteiger charge is -2.62. The summed E-state index contributed by atoms with van der Waals surface area (Å²) in [5.74, 6) is -0.0420. The smallest absolute Gasteiger partial charge is 0.335 e. The van der Waals surface area contributed by atoms with E-state index >= 15 is 0 Å². The molecule has 0 saturated heterocycles. The highest BCUT2D eigenvalue weighted by Gasteiger charge is 2.70. The monoisotopic (exact) mass is 414 g/mol. The Morgan fingerprint density at radius 1 is 1.13 bits per heavy atom. The number of ketones is 1. The van der Waals surface area contributed by atoms with Crippen LogP contribution in [0.4, 0.5) is 0 Å². The molecule has 0 radical (unpaired) electrons. The molecule has 162 valence electrons. The summed E-state index contributed by atoms with van der Waals surface area (Å²) in [5, 5.41) is 23.2. The second-order valence-electron chi connectivity index (χ2n) is 10.5. The summed E-state index contributed by atoms with van der Waals surface area (Å²) in [5.41, 5.74) is -1.90. The molecule has 6 nitrogen and oxygen atoms in total. The number of hydrogen-bond acceptors (Lipinski definition) is 6. The number of aliphatic hydroxyl groups is 2. The third-order valence-corrected chi connectivity index (χ3v) is 9.54. The fraction of sp³-hybridized carbons (Fsp3) is 0.708. The van der Waals surface area contributed by atoms with Crippen LogP contribution in [0.2, 0.25) is 0 Å². The molecule has 1 heterocycles. The molecule has 30 heavy (non-hydrogen) atoms. The molecule has 6 heteroatoms. The van der Waals surface area contributed by atoms with E-state index in [4.69, 9.17) is 4.42 Å². The van der Waals surface area contributed by atoms with Gasteiger partial charge in [0, 0.05) is 42.1 Å². The maximum absolute atomic E-state index is 12.5. The molecule has 4 fully saturated rings. The Labute approximate surface area is 175 Å². The quantitative estimate of drug-likeness (QED) is 0.721. The van der Waals surface area contributed by atoms with Crippen LogP contribution in [0.25, 0.3) is 0 Å². The summed E-state index contributed by atoms with van der Waals surface area (Å²) in [4.78, 5) is 35.9. The molecule has 2 N–H and O–H groups in total. The van der Waals surface area contributed by atoms with Crippen molar-refractivity contribution in [2.24, 2.45) is 28.6 Å². The molecule has 5 rings (SSSR count). The highest BCUT2D eigenvalue weighted by Crippen LogP contribution is 2.70. The first kappa shape index (κ1) is 20.1. The van der Waals surface area contributed by atoms with Gasteiger partial charge in [-0.25, -0.2) is 4.79 Å². The van der Waals surface area contributed by atoms with Gasteiger partial charge in [0.25, 0.3) is 0 Å². The van der Waals surface area contributed by atoms with E-state index in [1.54, 1.807) is 6.07 Å². The SMILES string of the molecule is CC12CCC3C(CCC4CC(=O)CCC43C=O)C1(O)CC(O)C2c1ccc(=O)oc1. The molecule has 8 unspecified atom stereocenters. The van der Waals surface area contributed by atoms with Crippen LogP contribution in [0.5, 0.6) is 0 Å². The number of rotatable bonds is 2. The molecular weight excluding hydrogens is 384 g/mol. The molecule has 0 aliphatic heterocycles. The predicted molar refractivity (Wildman–Crippen MR) is 108 cm³/mol. The van der Waals surface area contributed by atoms with E-state index in [1.807, 2.05) is 6.92 Å². The third kappa shape index (κ3) is 2.46. The van der Waals surface area contributed by atoms with Crippen LogP contribution in [0.15, 0.2) is 27.6 Å². The van der Waals surface area contributed by atoms with Crippen LogP contribution in [0.1, 0.15) is 69.8 Å². The summed E-state index contributed by atoms with van der Waals surface area (Å²) < 4.78 is 5.07. The lowest BCUT2D eigenvalue weighted by molar-refractivity contribution is -0.200. The molecule has 0 bridgehead atoms. The van der Waals surface area contributed by atoms with E-state index in [0.29, 0.717) is 25.7 Å². The summed E-state index contributed by atoms with van der Waals surface area (Å²) in [6.45, 7) is 2.04. The first-order chi connectivity index (χ1) is 14.2. The Morgan fingerprint density at radius 3 is 2.63 bits per heavy atom. The van der Waals surface area contributed by atoms with Crippen molar-refractivity contribution in [1.82, 2.24) is 0 Å². The van der Waals surface area contributed by atoms with Crippen molar-refractivity contribution >= 4 is 12.1 Å². The van der Waals surface area contributed by atoms with E-state index < -0.39 is 28.2 Å². The zero-order valence-corrected chi connectivity index (χ0v) is 17.4. The van der Waals surface area contributed by atoms with Gasteiger partial charge in [0.1, 0.15) is 12.1 Å². The van der Waals surface area contributed by atoms with Gasteiger partial charge in [-0.05, 0) is 61.5 Å². The minimum absolute atomic E-state index is 0.0413. The summed E-state index contributed by atoms with van der Waals surface area (Å²) in [6, 6.07) is 3.05. The van der Waals surface area contributed by atoms with E-state index in [2.05, 4.69) is 0 Å². The molecular formula is C24H30O6. The van der Waals surface area contributed by atoms with Crippen LogP contribution in [-0.4, -0.2) is 34.0 Å². The average Bonchev–Trinajstić information content (AvgIpc) is 2.93. The Morgan fingerprint density at radius 2 is 1.93 bits per heavy atom. The van der Waals surface area contributed by atoms with E-state index in [9.17, 15) is 24.6 Å². The number of carbonyl (C=O) groups is 2. The molecule has 8 atom stereocenters. The summed E-state index contributed by atoms with van der Waals surface area (Å²) in [7, 11) is 0. The molecule has 1 aromatic rings. The highest BCUT2D eigenvalue weighted by molar-refractivity contribution is 5.82. The van der Waals surface area contributed by atoms with Gasteiger partial charge in [0.2, 0.25) is 0 Å². The first-order valence-corrected chi connectivity index (χ1v) is 11.2. The topological polar surface area (TPSA) is 105 Å². The van der Waals surface area contributed by atoms with Gasteiger partial charge in [-0.15, -0.1) is 0 Å². The van der Waals surface area contributed by atoms with E-state index in [1.165, 1.54) is 12.3 Å². The Hall–Kier alpha value is -1.79. The number of aldehydes is 1. The number of hydrogen-bond donors (Lipinski definition) is 2. The maximum Gasteiger partial charge on any atom is 0.335 e. The molecule has 0 amide bonds. The predicted octanol–water partition coefficient (Wildman–Crippen LogP) is 2.60. The minimum Gasteiger partial charge on any atom is -0.431 e. The Bertz CT molecular complexity index is 917. The van der Waals surface area contributed by atoms with Crippen LogP contribution in [0.3, 0.4) is 0 Å². The Balaban J connectivity index is 1.54. The number of carbonyl (C=O) groups excluding carboxylic acids is 2. The third-order valence-electron chi connectivity index (χ3n) is 9.54. The van der Waals surface area contributed by atoms with Crippen molar-refractivity contribution < 1.29 is 24.2 Å². The van der Waals surface area contributed by atoms with Gasteiger partial charge in [-0.3, -0.25) is 4.79 Å². The fourth-order valence-corrected chi connectivity index (χ4v) is 8.13. The van der Waals surface area contributed by atoms with Crippen LogP contribution in [-0.2, 0) is 9.59 Å². The Kier molecular flexibility index (Phi) is 4.43. The molecule has 1 aromatic heterocycles. The molecule has 0 aromatic carbocycles. The molecule has 4 aliphatic rings. The van der Waals surface area contributed by atoms with Crippen molar-refractivity contribution in [2.45, 2.75) is 75.9 Å². The van der Waals surface area contributed by atoms with Crippen LogP contribution >= 0.6 is 0 Å².